The third kappa shape index (κ3) is 4.36. The molecular weight excluding hydrogens is 446 g/mol. The fourth-order valence-corrected chi connectivity index (χ4v) is 3.61. The summed E-state index contributed by atoms with van der Waals surface area (Å²) in [5, 5.41) is 5.49. The van der Waals surface area contributed by atoms with E-state index in [9.17, 15) is 24.0 Å². The zero-order chi connectivity index (χ0) is 23.8. The molecule has 2 aliphatic rings. The standard InChI is InChI=1S/C24H18ClN3O5/c1-24(9-8-19(29)27-23(24)33)10-11-28-21(31)17-7-2-14(12-18(17)22(28)32)13-26-20(30)15-3-5-16(25)6-4-15/h2-7,12H,8-9,13H2,1H3,(H,26,30)(H,27,29,33)/t24-/m1/s1. The van der Waals surface area contributed by atoms with E-state index in [1.807, 2.05) is 0 Å². The number of benzene rings is 2. The normalized spacial score (nSPS) is 19.5. The highest BCUT2D eigenvalue weighted by Crippen LogP contribution is 2.28. The Bertz CT molecular complexity index is 1280. The van der Waals surface area contributed by atoms with Crippen LogP contribution in [-0.2, 0) is 16.1 Å². The predicted octanol–water partition coefficient (Wildman–Crippen LogP) is 2.27. The summed E-state index contributed by atoms with van der Waals surface area (Å²) in [6.07, 6.45) is 0.329. The van der Waals surface area contributed by atoms with Gasteiger partial charge in [-0.15, -0.1) is 0 Å². The first kappa shape index (κ1) is 22.2. The number of carbonyl (C=O) groups excluding carboxylic acids is 5. The second kappa shape index (κ2) is 8.52. The molecule has 5 amide bonds. The zero-order valence-corrected chi connectivity index (χ0v) is 18.3. The van der Waals surface area contributed by atoms with Gasteiger partial charge in [0.15, 0.2) is 0 Å². The predicted molar refractivity (Wildman–Crippen MR) is 118 cm³/mol. The minimum atomic E-state index is -1.18. The first-order valence-corrected chi connectivity index (χ1v) is 10.5. The van der Waals surface area contributed by atoms with Gasteiger partial charge in [-0.05, 0) is 55.3 Å². The molecule has 1 saturated heterocycles. The van der Waals surface area contributed by atoms with Crippen LogP contribution < -0.4 is 10.6 Å². The number of nitrogens with one attached hydrogen (secondary N) is 2. The van der Waals surface area contributed by atoms with Crippen LogP contribution in [0.5, 0.6) is 0 Å². The van der Waals surface area contributed by atoms with E-state index in [1.165, 1.54) is 12.1 Å². The molecule has 4 rings (SSSR count). The maximum atomic E-state index is 12.8. The second-order valence-corrected chi connectivity index (χ2v) is 8.40. The summed E-state index contributed by atoms with van der Waals surface area (Å²) in [5.41, 5.74) is 0.246. The maximum Gasteiger partial charge on any atom is 0.273 e. The van der Waals surface area contributed by atoms with Crippen molar-refractivity contribution in [2.45, 2.75) is 26.3 Å². The van der Waals surface area contributed by atoms with Crippen molar-refractivity contribution >= 4 is 41.1 Å². The average Bonchev–Trinajstić information content (AvgIpc) is 3.03. The summed E-state index contributed by atoms with van der Waals surface area (Å²) in [5.74, 6) is 0.252. The Labute approximate surface area is 194 Å². The van der Waals surface area contributed by atoms with E-state index in [-0.39, 0.29) is 42.3 Å². The lowest BCUT2D eigenvalue weighted by Gasteiger charge is -2.26. The molecule has 1 atom stereocenters. The van der Waals surface area contributed by atoms with Crippen molar-refractivity contribution in [3.05, 3.63) is 69.7 Å². The highest BCUT2D eigenvalue weighted by atomic mass is 35.5. The minimum Gasteiger partial charge on any atom is -0.348 e. The van der Waals surface area contributed by atoms with Crippen molar-refractivity contribution in [3.8, 4) is 12.0 Å². The summed E-state index contributed by atoms with van der Waals surface area (Å²) < 4.78 is 0. The molecule has 166 valence electrons. The number of halogens is 1. The minimum absolute atomic E-state index is 0.129. The molecule has 2 N–H and O–H groups in total. The lowest BCUT2D eigenvalue weighted by molar-refractivity contribution is -0.138. The lowest BCUT2D eigenvalue weighted by atomic mass is 9.82. The zero-order valence-electron chi connectivity index (χ0n) is 17.5. The van der Waals surface area contributed by atoms with Crippen LogP contribution in [0.25, 0.3) is 0 Å². The van der Waals surface area contributed by atoms with E-state index in [1.54, 1.807) is 37.3 Å². The number of hydrogen-bond acceptors (Lipinski definition) is 5. The molecule has 0 aliphatic carbocycles. The first-order valence-electron chi connectivity index (χ1n) is 10.1. The van der Waals surface area contributed by atoms with E-state index < -0.39 is 23.1 Å². The van der Waals surface area contributed by atoms with Gasteiger partial charge in [0.2, 0.25) is 11.8 Å². The van der Waals surface area contributed by atoms with Crippen molar-refractivity contribution in [2.24, 2.45) is 5.41 Å². The van der Waals surface area contributed by atoms with Gasteiger partial charge in [-0.1, -0.05) is 23.6 Å². The van der Waals surface area contributed by atoms with Crippen LogP contribution in [0.2, 0.25) is 5.02 Å². The van der Waals surface area contributed by atoms with Crippen molar-refractivity contribution in [1.29, 1.82) is 0 Å². The average molecular weight is 464 g/mol. The van der Waals surface area contributed by atoms with Crippen LogP contribution >= 0.6 is 11.6 Å². The van der Waals surface area contributed by atoms with E-state index in [2.05, 4.69) is 22.6 Å². The van der Waals surface area contributed by atoms with Gasteiger partial charge in [0.05, 0.1) is 11.1 Å². The summed E-state index contributed by atoms with van der Waals surface area (Å²) in [6, 6.07) is 13.6. The van der Waals surface area contributed by atoms with Gasteiger partial charge in [0.25, 0.3) is 17.7 Å². The summed E-state index contributed by atoms with van der Waals surface area (Å²) >= 11 is 5.83. The van der Waals surface area contributed by atoms with Gasteiger partial charge < -0.3 is 5.32 Å². The molecule has 0 spiro atoms. The molecule has 1 fully saturated rings. The van der Waals surface area contributed by atoms with E-state index in [0.717, 1.165) is 4.90 Å². The fraction of sp³-hybridized carbons (Fsp3) is 0.208. The van der Waals surface area contributed by atoms with Crippen molar-refractivity contribution in [3.63, 3.8) is 0 Å². The molecule has 2 heterocycles. The van der Waals surface area contributed by atoms with Gasteiger partial charge in [0.1, 0.15) is 5.41 Å². The molecule has 2 aromatic rings. The van der Waals surface area contributed by atoms with Crippen LogP contribution in [0.4, 0.5) is 0 Å². The number of nitrogens with zero attached hydrogens (tertiary/aromatic N) is 1. The molecule has 0 aromatic heterocycles. The van der Waals surface area contributed by atoms with E-state index >= 15 is 0 Å². The fourth-order valence-electron chi connectivity index (χ4n) is 3.49. The lowest BCUT2D eigenvalue weighted by Crippen LogP contribution is -2.46. The van der Waals surface area contributed by atoms with Gasteiger partial charge >= 0.3 is 0 Å². The first-order chi connectivity index (χ1) is 15.7. The molecule has 33 heavy (non-hydrogen) atoms. The quantitative estimate of drug-likeness (QED) is 0.535. The van der Waals surface area contributed by atoms with Crippen LogP contribution in [0.1, 0.15) is 56.4 Å². The number of hydrogen-bond donors (Lipinski definition) is 2. The second-order valence-electron chi connectivity index (χ2n) is 7.96. The number of rotatable bonds is 3. The Balaban J connectivity index is 1.48. The van der Waals surface area contributed by atoms with Gasteiger partial charge in [0, 0.05) is 29.6 Å². The molecule has 0 bridgehead atoms. The Morgan fingerprint density at radius 3 is 2.48 bits per heavy atom. The SMILES string of the molecule is C[C@]1(C#CN2C(=O)c3ccc(CNC(=O)c4ccc(Cl)cc4)cc3C2=O)CCC(=O)NC1=O. The Morgan fingerprint density at radius 1 is 1.09 bits per heavy atom. The van der Waals surface area contributed by atoms with Crippen molar-refractivity contribution in [1.82, 2.24) is 15.5 Å². The van der Waals surface area contributed by atoms with Gasteiger partial charge in [-0.25, -0.2) is 0 Å². The molecule has 0 unspecified atom stereocenters. The maximum absolute atomic E-state index is 12.8. The number of imide groups is 2. The summed E-state index contributed by atoms with van der Waals surface area (Å²) in [4.78, 5) is 62.1. The van der Waals surface area contributed by atoms with E-state index in [4.69, 9.17) is 11.6 Å². The molecule has 0 radical (unpaired) electrons. The smallest absolute Gasteiger partial charge is 0.273 e. The molecule has 2 aliphatic heterocycles. The summed E-state index contributed by atoms with van der Waals surface area (Å²) in [7, 11) is 0. The summed E-state index contributed by atoms with van der Waals surface area (Å²) in [6.45, 7) is 1.70. The van der Waals surface area contributed by atoms with Crippen LogP contribution in [0.15, 0.2) is 42.5 Å². The Hall–Kier alpha value is -3.96. The van der Waals surface area contributed by atoms with Crippen LogP contribution in [-0.4, -0.2) is 34.4 Å². The van der Waals surface area contributed by atoms with E-state index in [0.29, 0.717) is 16.1 Å². The molecule has 2 aromatic carbocycles. The third-order valence-electron chi connectivity index (χ3n) is 5.56. The largest absolute Gasteiger partial charge is 0.348 e. The van der Waals surface area contributed by atoms with Gasteiger partial charge in [-0.3, -0.25) is 29.3 Å². The molecule has 8 nitrogen and oxygen atoms in total. The highest BCUT2D eigenvalue weighted by Gasteiger charge is 2.39. The van der Waals surface area contributed by atoms with Crippen molar-refractivity contribution < 1.29 is 24.0 Å². The number of amides is 5. The molecule has 0 saturated carbocycles. The van der Waals surface area contributed by atoms with Crippen LogP contribution in [0.3, 0.4) is 0 Å². The monoisotopic (exact) mass is 463 g/mol. The number of fused-ring (bicyclic) bond motifs is 1. The topological polar surface area (TPSA) is 113 Å². The highest BCUT2D eigenvalue weighted by molar-refractivity contribution is 6.30. The molecular formula is C24H18ClN3O5. The number of carbonyl (C=O) groups is 5. The van der Waals surface area contributed by atoms with Crippen LogP contribution in [0, 0.1) is 17.4 Å². The Morgan fingerprint density at radius 2 is 1.79 bits per heavy atom. The number of piperidine rings is 1. The molecule has 9 heteroatoms. The Kier molecular flexibility index (Phi) is 5.75. The van der Waals surface area contributed by atoms with Gasteiger partial charge in [-0.2, -0.15) is 4.90 Å². The third-order valence-corrected chi connectivity index (χ3v) is 5.81. The van der Waals surface area contributed by atoms with Crippen molar-refractivity contribution in [2.75, 3.05) is 0 Å².